The van der Waals surface area contributed by atoms with Gasteiger partial charge in [0.2, 0.25) is 0 Å². The quantitative estimate of drug-likeness (QED) is 0.825. The van der Waals surface area contributed by atoms with Gasteiger partial charge < -0.3 is 15.2 Å². The Bertz CT molecular complexity index is 381. The predicted octanol–water partition coefficient (Wildman–Crippen LogP) is 2.54. The van der Waals surface area contributed by atoms with Crippen molar-refractivity contribution < 1.29 is 19.4 Å². The molecule has 0 aliphatic heterocycles. The number of carbonyl (C=O) groups excluding carboxylic acids is 1. The molecule has 2 aliphatic rings. The monoisotopic (exact) mass is 269 g/mol. The fraction of sp³-hybridized carbons (Fsp3) is 0.857. The van der Waals surface area contributed by atoms with Gasteiger partial charge in [-0.05, 0) is 51.4 Å². The summed E-state index contributed by atoms with van der Waals surface area (Å²) in [5, 5.41) is 11.8. The first-order chi connectivity index (χ1) is 8.73. The molecule has 0 aromatic carbocycles. The van der Waals surface area contributed by atoms with Gasteiger partial charge in [0.05, 0.1) is 0 Å². The summed E-state index contributed by atoms with van der Waals surface area (Å²) < 4.78 is 5.26. The third-order valence-electron chi connectivity index (χ3n) is 4.42. The second-order valence-corrected chi connectivity index (χ2v) is 6.82. The fourth-order valence-electron chi connectivity index (χ4n) is 3.37. The molecule has 1 spiro atoms. The highest BCUT2D eigenvalue weighted by Gasteiger charge is 2.58. The van der Waals surface area contributed by atoms with Crippen molar-refractivity contribution in [1.29, 1.82) is 0 Å². The summed E-state index contributed by atoms with van der Waals surface area (Å²) in [6, 6.07) is 0.0837. The zero-order valence-electron chi connectivity index (χ0n) is 11.9. The summed E-state index contributed by atoms with van der Waals surface area (Å²) >= 11 is 0. The van der Waals surface area contributed by atoms with Crippen LogP contribution in [0.5, 0.6) is 0 Å². The van der Waals surface area contributed by atoms with Crippen LogP contribution < -0.4 is 5.32 Å². The van der Waals surface area contributed by atoms with E-state index in [1.807, 2.05) is 20.8 Å². The predicted molar refractivity (Wildman–Crippen MR) is 69.8 cm³/mol. The minimum atomic E-state index is -0.744. The molecule has 2 fully saturated rings. The van der Waals surface area contributed by atoms with E-state index < -0.39 is 17.7 Å². The molecule has 0 saturated heterocycles. The van der Waals surface area contributed by atoms with Crippen LogP contribution in [-0.4, -0.2) is 28.8 Å². The molecular weight excluding hydrogens is 246 g/mol. The van der Waals surface area contributed by atoms with E-state index in [0.717, 1.165) is 25.7 Å². The molecule has 108 valence electrons. The molecular formula is C14H23NO4. The molecule has 2 saturated carbocycles. The Morgan fingerprint density at radius 2 is 2.00 bits per heavy atom. The zero-order valence-corrected chi connectivity index (χ0v) is 11.9. The Kier molecular flexibility index (Phi) is 3.49. The summed E-state index contributed by atoms with van der Waals surface area (Å²) in [4.78, 5) is 22.6. The third kappa shape index (κ3) is 2.85. The summed E-state index contributed by atoms with van der Waals surface area (Å²) in [5.41, 5.74) is -0.476. The smallest absolute Gasteiger partial charge is 0.407 e. The number of amides is 1. The van der Waals surface area contributed by atoms with Crippen molar-refractivity contribution >= 4 is 12.1 Å². The van der Waals surface area contributed by atoms with Crippen LogP contribution in [0.1, 0.15) is 52.9 Å². The Hall–Kier alpha value is -1.26. The van der Waals surface area contributed by atoms with Crippen LogP contribution in [0.3, 0.4) is 0 Å². The number of hydrogen-bond donors (Lipinski definition) is 2. The average Bonchev–Trinajstić information content (AvgIpc) is 2.08. The van der Waals surface area contributed by atoms with E-state index in [9.17, 15) is 9.59 Å². The van der Waals surface area contributed by atoms with Crippen molar-refractivity contribution in [3.8, 4) is 0 Å². The summed E-state index contributed by atoms with van der Waals surface area (Å²) in [7, 11) is 0. The Labute approximate surface area is 113 Å². The van der Waals surface area contributed by atoms with E-state index in [1.54, 1.807) is 0 Å². The lowest BCUT2D eigenvalue weighted by Gasteiger charge is -2.61. The van der Waals surface area contributed by atoms with Crippen molar-refractivity contribution in [2.75, 3.05) is 0 Å². The highest BCUT2D eigenvalue weighted by atomic mass is 16.6. The van der Waals surface area contributed by atoms with Crippen molar-refractivity contribution in [1.82, 2.24) is 5.32 Å². The Morgan fingerprint density at radius 1 is 1.37 bits per heavy atom. The standard InChI is InChI=1S/C14H23NO4/c1-13(2,3)19-12(18)15-10-7-9(8-11(16)17)14(10)5-4-6-14/h9-10H,4-8H2,1-3H3,(H,15,18)(H,16,17)/t9-,10-/m1/s1. The van der Waals surface area contributed by atoms with Crippen molar-refractivity contribution in [3.05, 3.63) is 0 Å². The second-order valence-electron chi connectivity index (χ2n) is 6.82. The number of nitrogens with one attached hydrogen (secondary N) is 1. The van der Waals surface area contributed by atoms with Gasteiger partial charge in [-0.3, -0.25) is 4.79 Å². The molecule has 0 radical (unpaired) electrons. The molecule has 0 unspecified atom stereocenters. The first kappa shape index (κ1) is 14.2. The summed E-state index contributed by atoms with van der Waals surface area (Å²) in [6.07, 6.45) is 3.75. The highest BCUT2D eigenvalue weighted by molar-refractivity contribution is 5.69. The van der Waals surface area contributed by atoms with Crippen LogP contribution in [-0.2, 0) is 9.53 Å². The molecule has 5 heteroatoms. The van der Waals surface area contributed by atoms with Crippen LogP contribution in [0, 0.1) is 11.3 Å². The topological polar surface area (TPSA) is 75.6 Å². The van der Waals surface area contributed by atoms with E-state index in [2.05, 4.69) is 5.32 Å². The number of alkyl carbamates (subject to hydrolysis) is 1. The molecule has 19 heavy (non-hydrogen) atoms. The zero-order chi connectivity index (χ0) is 14.3. The maximum absolute atomic E-state index is 11.8. The highest BCUT2D eigenvalue weighted by Crippen LogP contribution is 2.60. The van der Waals surface area contributed by atoms with Gasteiger partial charge in [-0.2, -0.15) is 0 Å². The van der Waals surface area contributed by atoms with Gasteiger partial charge in [-0.15, -0.1) is 0 Å². The Balaban J connectivity index is 1.89. The summed E-state index contributed by atoms with van der Waals surface area (Å²) in [5.74, 6) is -0.536. The van der Waals surface area contributed by atoms with Gasteiger partial charge in [0.15, 0.2) is 0 Å². The lowest BCUT2D eigenvalue weighted by molar-refractivity contribution is -0.148. The second kappa shape index (κ2) is 4.69. The number of ether oxygens (including phenoxy) is 1. The number of carboxylic acids is 1. The first-order valence-electron chi connectivity index (χ1n) is 6.94. The lowest BCUT2D eigenvalue weighted by atomic mass is 9.46. The van der Waals surface area contributed by atoms with Gasteiger partial charge in [0.25, 0.3) is 0 Å². The average molecular weight is 269 g/mol. The third-order valence-corrected chi connectivity index (χ3v) is 4.42. The largest absolute Gasteiger partial charge is 0.481 e. The molecule has 0 heterocycles. The first-order valence-corrected chi connectivity index (χ1v) is 6.94. The molecule has 1 amide bonds. The number of carboxylic acid groups (broad SMARTS) is 1. The number of carbonyl (C=O) groups is 2. The normalized spacial score (nSPS) is 28.2. The van der Waals surface area contributed by atoms with Crippen molar-refractivity contribution in [2.24, 2.45) is 11.3 Å². The molecule has 2 aliphatic carbocycles. The Morgan fingerprint density at radius 3 is 2.42 bits per heavy atom. The minimum Gasteiger partial charge on any atom is -0.481 e. The van der Waals surface area contributed by atoms with E-state index in [1.165, 1.54) is 0 Å². The van der Waals surface area contributed by atoms with Gasteiger partial charge in [-0.1, -0.05) is 6.42 Å². The van der Waals surface area contributed by atoms with Crippen molar-refractivity contribution in [3.63, 3.8) is 0 Å². The van der Waals surface area contributed by atoms with Crippen LogP contribution in [0.2, 0.25) is 0 Å². The van der Waals surface area contributed by atoms with Gasteiger partial charge in [0, 0.05) is 12.5 Å². The van der Waals surface area contributed by atoms with Crippen LogP contribution >= 0.6 is 0 Å². The van der Waals surface area contributed by atoms with E-state index >= 15 is 0 Å². The molecule has 2 rings (SSSR count). The molecule has 0 aromatic heterocycles. The molecule has 2 atom stereocenters. The van der Waals surface area contributed by atoms with Crippen LogP contribution in [0.4, 0.5) is 4.79 Å². The molecule has 0 aromatic rings. The molecule has 5 nitrogen and oxygen atoms in total. The minimum absolute atomic E-state index is 0.0231. The van der Waals surface area contributed by atoms with E-state index in [-0.39, 0.29) is 23.8 Å². The maximum Gasteiger partial charge on any atom is 0.407 e. The van der Waals surface area contributed by atoms with Crippen molar-refractivity contribution in [2.45, 2.75) is 64.5 Å². The van der Waals surface area contributed by atoms with Crippen LogP contribution in [0.15, 0.2) is 0 Å². The number of hydrogen-bond acceptors (Lipinski definition) is 3. The molecule has 2 N–H and O–H groups in total. The number of aliphatic carboxylic acids is 1. The van der Waals surface area contributed by atoms with E-state index in [4.69, 9.17) is 9.84 Å². The SMILES string of the molecule is CC(C)(C)OC(=O)N[C@@H]1C[C@H](CC(=O)O)C12CCC2. The summed E-state index contributed by atoms with van der Waals surface area (Å²) in [6.45, 7) is 5.50. The fourth-order valence-corrected chi connectivity index (χ4v) is 3.37. The molecule has 0 bridgehead atoms. The van der Waals surface area contributed by atoms with Gasteiger partial charge in [0.1, 0.15) is 5.60 Å². The van der Waals surface area contributed by atoms with Gasteiger partial charge >= 0.3 is 12.1 Å². The van der Waals surface area contributed by atoms with E-state index in [0.29, 0.717) is 0 Å². The van der Waals surface area contributed by atoms with Gasteiger partial charge in [-0.25, -0.2) is 4.79 Å². The maximum atomic E-state index is 11.8. The number of rotatable bonds is 3. The lowest BCUT2D eigenvalue weighted by Crippen LogP contribution is -2.64. The van der Waals surface area contributed by atoms with Crippen LogP contribution in [0.25, 0.3) is 0 Å².